The fourth-order valence-electron chi connectivity index (χ4n) is 1.30. The predicted molar refractivity (Wildman–Crippen MR) is 73.1 cm³/mol. The lowest BCUT2D eigenvalue weighted by Gasteiger charge is -2.08. The van der Waals surface area contributed by atoms with Gasteiger partial charge < -0.3 is 5.32 Å². The normalized spacial score (nSPS) is 10.4. The smallest absolute Gasteiger partial charge is 0.275 e. The van der Waals surface area contributed by atoms with Gasteiger partial charge in [-0.3, -0.25) is 4.79 Å². The van der Waals surface area contributed by atoms with Gasteiger partial charge in [0.15, 0.2) is 5.82 Å². The van der Waals surface area contributed by atoms with Gasteiger partial charge in [-0.05, 0) is 34.7 Å². The molecule has 0 aliphatic heterocycles. The van der Waals surface area contributed by atoms with Gasteiger partial charge in [-0.25, -0.2) is 9.07 Å². The summed E-state index contributed by atoms with van der Waals surface area (Å²) in [4.78, 5) is 11.8. The van der Waals surface area contributed by atoms with Crippen molar-refractivity contribution in [2.45, 2.75) is 0 Å². The predicted octanol–water partition coefficient (Wildman–Crippen LogP) is 2.46. The molecule has 8 heteroatoms. The number of nitrogens with zero attached hydrogens (tertiary/aromatic N) is 3. The van der Waals surface area contributed by atoms with E-state index in [1.54, 1.807) is 29.6 Å². The lowest BCUT2D eigenvalue weighted by Crippen LogP contribution is -2.17. The van der Waals surface area contributed by atoms with Crippen molar-refractivity contribution < 1.29 is 9.18 Å². The summed E-state index contributed by atoms with van der Waals surface area (Å²) >= 11 is 7.54. The first-order valence-corrected chi connectivity index (χ1v) is 6.26. The second-order valence-electron chi connectivity index (χ2n) is 3.42. The van der Waals surface area contributed by atoms with E-state index >= 15 is 0 Å². The summed E-state index contributed by atoms with van der Waals surface area (Å²) in [6.45, 7) is 0. The van der Waals surface area contributed by atoms with Crippen molar-refractivity contribution in [3.63, 3.8) is 0 Å². The lowest BCUT2D eigenvalue weighted by atomic mass is 10.3. The minimum atomic E-state index is -0.563. The van der Waals surface area contributed by atoms with Crippen molar-refractivity contribution in [3.05, 3.63) is 38.4 Å². The fraction of sp³-hybridized carbons (Fsp3) is 0.100. The SMILES string of the molecule is Cn1nncc1C(=O)Nc1ccc(Cl)c(I)c1F. The number of halogens is 3. The minimum Gasteiger partial charge on any atom is -0.318 e. The molecule has 0 aliphatic rings. The first-order chi connectivity index (χ1) is 8.50. The van der Waals surface area contributed by atoms with Crippen molar-refractivity contribution >= 4 is 45.8 Å². The van der Waals surface area contributed by atoms with Gasteiger partial charge in [-0.15, -0.1) is 5.10 Å². The molecule has 2 aromatic rings. The van der Waals surface area contributed by atoms with Gasteiger partial charge in [0.25, 0.3) is 5.91 Å². The number of carbonyl (C=O) groups is 1. The van der Waals surface area contributed by atoms with Crippen molar-refractivity contribution in [1.82, 2.24) is 15.0 Å². The molecule has 0 atom stereocenters. The minimum absolute atomic E-state index is 0.0648. The van der Waals surface area contributed by atoms with Gasteiger partial charge in [0.2, 0.25) is 0 Å². The first kappa shape index (κ1) is 13.2. The maximum Gasteiger partial charge on any atom is 0.275 e. The molecule has 0 spiro atoms. The van der Waals surface area contributed by atoms with E-state index in [0.29, 0.717) is 5.02 Å². The monoisotopic (exact) mass is 380 g/mol. The third-order valence-electron chi connectivity index (χ3n) is 2.23. The van der Waals surface area contributed by atoms with Crippen LogP contribution in [0.3, 0.4) is 0 Å². The number of benzene rings is 1. The second-order valence-corrected chi connectivity index (χ2v) is 4.91. The summed E-state index contributed by atoms with van der Waals surface area (Å²) < 4.78 is 15.4. The number of carbonyl (C=O) groups excluding carboxylic acids is 1. The van der Waals surface area contributed by atoms with Gasteiger partial charge >= 0.3 is 0 Å². The molecule has 0 bridgehead atoms. The Labute approximate surface area is 120 Å². The van der Waals surface area contributed by atoms with Crippen LogP contribution < -0.4 is 5.32 Å². The highest BCUT2D eigenvalue weighted by molar-refractivity contribution is 14.1. The van der Waals surface area contributed by atoms with Crippen LogP contribution in [0.2, 0.25) is 5.02 Å². The highest BCUT2D eigenvalue weighted by Gasteiger charge is 2.15. The summed E-state index contributed by atoms with van der Waals surface area (Å²) in [7, 11) is 1.57. The number of aromatic nitrogens is 3. The molecule has 94 valence electrons. The van der Waals surface area contributed by atoms with E-state index in [2.05, 4.69) is 15.6 Å². The molecule has 0 aliphatic carbocycles. The van der Waals surface area contributed by atoms with E-state index < -0.39 is 11.7 Å². The maximum absolute atomic E-state index is 13.8. The van der Waals surface area contributed by atoms with E-state index in [-0.39, 0.29) is 15.0 Å². The molecule has 1 N–H and O–H groups in total. The Morgan fingerprint density at radius 3 is 2.89 bits per heavy atom. The number of hydrogen-bond acceptors (Lipinski definition) is 3. The van der Waals surface area contributed by atoms with Gasteiger partial charge in [0, 0.05) is 7.05 Å². The number of anilines is 1. The summed E-state index contributed by atoms with van der Waals surface area (Å²) in [6.07, 6.45) is 1.30. The van der Waals surface area contributed by atoms with E-state index in [9.17, 15) is 9.18 Å². The zero-order valence-electron chi connectivity index (χ0n) is 9.12. The highest BCUT2D eigenvalue weighted by Crippen LogP contribution is 2.27. The van der Waals surface area contributed by atoms with Crippen LogP contribution in [0.25, 0.3) is 0 Å². The third-order valence-corrected chi connectivity index (χ3v) is 3.92. The molecule has 18 heavy (non-hydrogen) atoms. The average Bonchev–Trinajstić information content (AvgIpc) is 2.76. The Hall–Kier alpha value is -1.22. The number of rotatable bonds is 2. The molecule has 1 heterocycles. The highest BCUT2D eigenvalue weighted by atomic mass is 127. The molecule has 0 unspecified atom stereocenters. The molecule has 0 radical (unpaired) electrons. The van der Waals surface area contributed by atoms with E-state index in [4.69, 9.17) is 11.6 Å². The number of amides is 1. The largest absolute Gasteiger partial charge is 0.318 e. The quantitative estimate of drug-likeness (QED) is 0.643. The van der Waals surface area contributed by atoms with Crippen LogP contribution in [0.5, 0.6) is 0 Å². The van der Waals surface area contributed by atoms with Gasteiger partial charge in [-0.2, -0.15) is 0 Å². The molecule has 1 aromatic carbocycles. The number of aryl methyl sites for hydroxylation is 1. The molecule has 0 saturated heterocycles. The van der Waals surface area contributed by atoms with Crippen molar-refractivity contribution in [1.29, 1.82) is 0 Å². The van der Waals surface area contributed by atoms with Gasteiger partial charge in [0.1, 0.15) is 5.69 Å². The van der Waals surface area contributed by atoms with E-state index in [1.807, 2.05) is 0 Å². The van der Waals surface area contributed by atoms with Crippen LogP contribution in [-0.2, 0) is 7.05 Å². The second kappa shape index (κ2) is 5.19. The zero-order chi connectivity index (χ0) is 13.3. The molecule has 1 aromatic heterocycles. The zero-order valence-corrected chi connectivity index (χ0v) is 12.0. The third kappa shape index (κ3) is 2.46. The lowest BCUT2D eigenvalue weighted by molar-refractivity contribution is 0.101. The van der Waals surface area contributed by atoms with Crippen LogP contribution in [0.1, 0.15) is 10.5 Å². The molecule has 0 fully saturated rings. The molecular formula is C10H7ClFIN4O. The Kier molecular flexibility index (Phi) is 3.81. The van der Waals surface area contributed by atoms with Crippen LogP contribution in [0, 0.1) is 9.39 Å². The van der Waals surface area contributed by atoms with E-state index in [1.165, 1.54) is 23.0 Å². The van der Waals surface area contributed by atoms with Crippen molar-refractivity contribution in [2.75, 3.05) is 5.32 Å². The van der Waals surface area contributed by atoms with Crippen molar-refractivity contribution in [3.8, 4) is 0 Å². The Morgan fingerprint density at radius 1 is 1.56 bits per heavy atom. The Bertz CT molecular complexity index is 616. The van der Waals surface area contributed by atoms with Crippen molar-refractivity contribution in [2.24, 2.45) is 7.05 Å². The van der Waals surface area contributed by atoms with Crippen LogP contribution in [-0.4, -0.2) is 20.9 Å². The van der Waals surface area contributed by atoms with Crippen LogP contribution in [0.15, 0.2) is 18.3 Å². The summed E-state index contributed by atoms with van der Waals surface area (Å²) in [5.41, 5.74) is 0.300. The summed E-state index contributed by atoms with van der Waals surface area (Å²) in [6, 6.07) is 2.92. The Morgan fingerprint density at radius 2 is 2.28 bits per heavy atom. The molecule has 0 saturated carbocycles. The molecule has 2 rings (SSSR count). The van der Waals surface area contributed by atoms with E-state index in [0.717, 1.165) is 0 Å². The Balaban J connectivity index is 2.28. The molecule has 5 nitrogen and oxygen atoms in total. The first-order valence-electron chi connectivity index (χ1n) is 4.80. The fourth-order valence-corrected chi connectivity index (χ4v) is 1.92. The number of nitrogens with one attached hydrogen (secondary N) is 1. The summed E-state index contributed by atoms with van der Waals surface area (Å²) in [5.74, 6) is -1.05. The maximum atomic E-state index is 13.8. The standard InChI is InChI=1S/C10H7ClFIN4O/c1-17-7(4-14-16-17)10(18)15-6-3-2-5(11)9(13)8(6)12/h2-4H,1H3,(H,15,18). The van der Waals surface area contributed by atoms with Crippen LogP contribution in [0.4, 0.5) is 10.1 Å². The molecular weight excluding hydrogens is 373 g/mol. The summed E-state index contributed by atoms with van der Waals surface area (Å²) in [5, 5.41) is 9.94. The van der Waals surface area contributed by atoms with Gasteiger partial charge in [-0.1, -0.05) is 16.8 Å². The molecule has 1 amide bonds. The number of hydrogen-bond donors (Lipinski definition) is 1. The topological polar surface area (TPSA) is 59.8 Å². The van der Waals surface area contributed by atoms with Crippen LogP contribution >= 0.6 is 34.2 Å². The average molecular weight is 381 g/mol. The van der Waals surface area contributed by atoms with Gasteiger partial charge in [0.05, 0.1) is 20.5 Å².